The number of benzene rings is 1. The second-order valence-corrected chi connectivity index (χ2v) is 5.82. The lowest BCUT2D eigenvalue weighted by Gasteiger charge is -2.34. The van der Waals surface area contributed by atoms with E-state index in [1.165, 1.54) is 6.20 Å². The first-order chi connectivity index (χ1) is 11.6. The number of hydrogen-bond donors (Lipinski definition) is 2. The van der Waals surface area contributed by atoms with Gasteiger partial charge in [-0.3, -0.25) is 9.59 Å². The molecule has 1 aliphatic rings. The molecular formula is C18H20N4O2. The third kappa shape index (κ3) is 3.53. The van der Waals surface area contributed by atoms with Gasteiger partial charge in [0.15, 0.2) is 0 Å². The minimum Gasteiger partial charge on any atom is -0.384 e. The first-order valence-corrected chi connectivity index (χ1v) is 8.02. The smallest absolute Gasteiger partial charge is 0.251 e. The Kier molecular flexibility index (Phi) is 4.74. The molecule has 1 saturated heterocycles. The minimum atomic E-state index is -0.642. The van der Waals surface area contributed by atoms with Crippen molar-refractivity contribution in [3.8, 4) is 0 Å². The maximum atomic E-state index is 12.9. The van der Waals surface area contributed by atoms with Gasteiger partial charge in [-0.05, 0) is 30.5 Å². The number of likely N-dealkylation sites (tertiary alicyclic amines) is 1. The second kappa shape index (κ2) is 7.12. The highest BCUT2D eigenvalue weighted by Gasteiger charge is 2.32. The van der Waals surface area contributed by atoms with Gasteiger partial charge >= 0.3 is 0 Å². The average Bonchev–Trinajstić information content (AvgIpc) is 2.60. The van der Waals surface area contributed by atoms with Crippen LogP contribution in [0.1, 0.15) is 30.9 Å². The number of nitrogens with two attached hydrogens (primary N) is 1. The van der Waals surface area contributed by atoms with Gasteiger partial charge in [-0.15, -0.1) is 0 Å². The molecule has 0 spiro atoms. The Hall–Kier alpha value is -2.89. The highest BCUT2D eigenvalue weighted by Crippen LogP contribution is 2.27. The predicted octanol–water partition coefficient (Wildman–Crippen LogP) is 2.36. The van der Waals surface area contributed by atoms with Gasteiger partial charge in [-0.2, -0.15) is 0 Å². The fraction of sp³-hybridized carbons (Fsp3) is 0.278. The van der Waals surface area contributed by atoms with Crippen LogP contribution in [0.25, 0.3) is 0 Å². The Morgan fingerprint density at radius 2 is 1.96 bits per heavy atom. The summed E-state index contributed by atoms with van der Waals surface area (Å²) in [5.74, 6) is 0.155. The molecule has 24 heavy (non-hydrogen) atoms. The van der Waals surface area contributed by atoms with E-state index in [9.17, 15) is 9.59 Å². The van der Waals surface area contributed by atoms with Crippen LogP contribution in [-0.4, -0.2) is 28.2 Å². The number of nitrogens with zero attached hydrogens (tertiary/aromatic N) is 2. The van der Waals surface area contributed by atoms with E-state index in [-0.39, 0.29) is 11.8 Å². The number of nitrogen functional groups attached to an aromatic ring is 1. The minimum absolute atomic E-state index is 0.0145. The largest absolute Gasteiger partial charge is 0.384 e. The van der Waals surface area contributed by atoms with E-state index in [4.69, 9.17) is 5.73 Å². The van der Waals surface area contributed by atoms with Crippen LogP contribution in [0, 0.1) is 0 Å². The lowest BCUT2D eigenvalue weighted by atomic mass is 10.0. The molecule has 6 heteroatoms. The zero-order chi connectivity index (χ0) is 16.9. The molecule has 0 radical (unpaired) electrons. The molecule has 2 heterocycles. The number of nitrogens with one attached hydrogen (secondary N) is 1. The van der Waals surface area contributed by atoms with Gasteiger partial charge in [0.2, 0.25) is 5.91 Å². The van der Waals surface area contributed by atoms with Gasteiger partial charge in [-0.1, -0.05) is 30.3 Å². The van der Waals surface area contributed by atoms with Crippen molar-refractivity contribution in [3.63, 3.8) is 0 Å². The molecule has 3 rings (SSSR count). The molecule has 2 amide bonds. The quantitative estimate of drug-likeness (QED) is 0.903. The number of anilines is 2. The maximum Gasteiger partial charge on any atom is 0.251 e. The molecule has 3 N–H and O–H groups in total. The number of piperidine rings is 1. The van der Waals surface area contributed by atoms with E-state index in [2.05, 4.69) is 10.3 Å². The Morgan fingerprint density at radius 1 is 1.17 bits per heavy atom. The summed E-state index contributed by atoms with van der Waals surface area (Å²) in [6.45, 7) is 0.589. The van der Waals surface area contributed by atoms with E-state index in [1.807, 2.05) is 30.3 Å². The van der Waals surface area contributed by atoms with Gasteiger partial charge in [0.1, 0.15) is 11.9 Å². The summed E-state index contributed by atoms with van der Waals surface area (Å²) < 4.78 is 0. The molecule has 1 atom stereocenters. The zero-order valence-corrected chi connectivity index (χ0v) is 13.3. The molecule has 1 aromatic carbocycles. The molecule has 0 aliphatic carbocycles. The summed E-state index contributed by atoms with van der Waals surface area (Å²) in [5.41, 5.74) is 6.92. The highest BCUT2D eigenvalue weighted by atomic mass is 16.2. The van der Waals surface area contributed by atoms with Crippen molar-refractivity contribution >= 4 is 23.3 Å². The van der Waals surface area contributed by atoms with Crippen LogP contribution in [0.5, 0.6) is 0 Å². The molecule has 124 valence electrons. The highest BCUT2D eigenvalue weighted by molar-refractivity contribution is 5.98. The molecule has 1 aromatic heterocycles. The van der Waals surface area contributed by atoms with Gasteiger partial charge in [0, 0.05) is 13.0 Å². The second-order valence-electron chi connectivity index (χ2n) is 5.82. The maximum absolute atomic E-state index is 12.9. The molecule has 1 unspecified atom stereocenters. The van der Waals surface area contributed by atoms with Crippen LogP contribution in [0.4, 0.5) is 11.5 Å². The van der Waals surface area contributed by atoms with Crippen molar-refractivity contribution in [1.82, 2.24) is 9.88 Å². The summed E-state index contributed by atoms with van der Waals surface area (Å²) in [4.78, 5) is 30.8. The number of rotatable bonds is 4. The molecule has 6 nitrogen and oxygen atoms in total. The van der Waals surface area contributed by atoms with Crippen LogP contribution < -0.4 is 11.1 Å². The Bertz CT molecular complexity index is 716. The van der Waals surface area contributed by atoms with Crippen LogP contribution in [-0.2, 0) is 9.59 Å². The summed E-state index contributed by atoms with van der Waals surface area (Å²) in [5, 5.41) is 2.83. The van der Waals surface area contributed by atoms with Crippen LogP contribution in [0.3, 0.4) is 0 Å². The third-order valence-corrected chi connectivity index (χ3v) is 4.09. The lowest BCUT2D eigenvalue weighted by Crippen LogP contribution is -2.43. The Balaban J connectivity index is 1.87. The van der Waals surface area contributed by atoms with Crippen LogP contribution in [0.15, 0.2) is 48.7 Å². The Morgan fingerprint density at radius 3 is 2.62 bits per heavy atom. The summed E-state index contributed by atoms with van der Waals surface area (Å²) >= 11 is 0. The van der Waals surface area contributed by atoms with Crippen molar-refractivity contribution in [3.05, 3.63) is 54.2 Å². The molecular weight excluding hydrogens is 304 g/mol. The Labute approximate surface area is 140 Å². The molecule has 0 saturated carbocycles. The van der Waals surface area contributed by atoms with E-state index >= 15 is 0 Å². The van der Waals surface area contributed by atoms with Gasteiger partial charge in [-0.25, -0.2) is 4.98 Å². The number of aromatic nitrogens is 1. The first-order valence-electron chi connectivity index (χ1n) is 8.02. The van der Waals surface area contributed by atoms with Gasteiger partial charge in [0.05, 0.1) is 11.9 Å². The fourth-order valence-electron chi connectivity index (χ4n) is 2.90. The average molecular weight is 324 g/mol. The molecule has 1 aliphatic heterocycles. The number of carbonyl (C=O) groups is 2. The lowest BCUT2D eigenvalue weighted by molar-refractivity contribution is -0.141. The van der Waals surface area contributed by atoms with E-state index in [0.29, 0.717) is 24.5 Å². The number of amides is 2. The van der Waals surface area contributed by atoms with E-state index in [0.717, 1.165) is 18.4 Å². The standard InChI is InChI=1S/C18H20N4O2/c19-15-10-9-14(12-20-15)21-18(24)17(13-6-2-1-3-7-13)22-11-5-4-8-16(22)23/h1-3,6-7,9-10,12,17H,4-5,8,11H2,(H2,19,20)(H,21,24). The SMILES string of the molecule is Nc1ccc(NC(=O)C(c2ccccc2)N2CCCCC2=O)cn1. The van der Waals surface area contributed by atoms with Gasteiger partial charge in [0.25, 0.3) is 5.91 Å². The van der Waals surface area contributed by atoms with Crippen molar-refractivity contribution in [2.45, 2.75) is 25.3 Å². The number of hydrogen-bond acceptors (Lipinski definition) is 4. The summed E-state index contributed by atoms with van der Waals surface area (Å²) in [6.07, 6.45) is 3.78. The van der Waals surface area contributed by atoms with E-state index in [1.54, 1.807) is 17.0 Å². The van der Waals surface area contributed by atoms with Crippen molar-refractivity contribution < 1.29 is 9.59 Å². The van der Waals surface area contributed by atoms with Crippen LogP contribution in [0.2, 0.25) is 0 Å². The van der Waals surface area contributed by atoms with Crippen molar-refractivity contribution in [2.75, 3.05) is 17.6 Å². The van der Waals surface area contributed by atoms with Crippen LogP contribution >= 0.6 is 0 Å². The first kappa shape index (κ1) is 16.0. The monoisotopic (exact) mass is 324 g/mol. The van der Waals surface area contributed by atoms with Gasteiger partial charge < -0.3 is 16.0 Å². The molecule has 0 bridgehead atoms. The predicted molar refractivity (Wildman–Crippen MR) is 92.0 cm³/mol. The molecule has 2 aromatic rings. The number of carbonyl (C=O) groups excluding carboxylic acids is 2. The fourth-order valence-corrected chi connectivity index (χ4v) is 2.90. The van der Waals surface area contributed by atoms with Crippen molar-refractivity contribution in [2.24, 2.45) is 0 Å². The topological polar surface area (TPSA) is 88.3 Å². The summed E-state index contributed by atoms with van der Waals surface area (Å²) in [6, 6.07) is 12.0. The van der Waals surface area contributed by atoms with E-state index < -0.39 is 6.04 Å². The number of pyridine rings is 1. The molecule has 1 fully saturated rings. The zero-order valence-electron chi connectivity index (χ0n) is 13.3. The third-order valence-electron chi connectivity index (χ3n) is 4.09. The summed E-state index contributed by atoms with van der Waals surface area (Å²) in [7, 11) is 0. The van der Waals surface area contributed by atoms with Crippen molar-refractivity contribution in [1.29, 1.82) is 0 Å². The normalized spacial score (nSPS) is 15.8.